The monoisotopic (exact) mass is 259 g/mol. The van der Waals surface area contributed by atoms with Crippen molar-refractivity contribution in [3.63, 3.8) is 0 Å². The van der Waals surface area contributed by atoms with Crippen molar-refractivity contribution in [2.45, 2.75) is 0 Å². The van der Waals surface area contributed by atoms with Crippen molar-refractivity contribution in [2.24, 2.45) is 9.54 Å². The third-order valence-electron chi connectivity index (χ3n) is 1.60. The van der Waals surface area contributed by atoms with E-state index in [0.29, 0.717) is 0 Å². The Morgan fingerprint density at radius 1 is 1.41 bits per heavy atom. The molecular weight excluding hydrogens is 249 g/mol. The molecule has 1 aromatic carbocycles. The smallest absolute Gasteiger partial charge is 0.303 e. The van der Waals surface area contributed by atoms with E-state index >= 15 is 0 Å². The summed E-state index contributed by atoms with van der Waals surface area (Å²) in [6.45, 7) is 0. The van der Waals surface area contributed by atoms with Gasteiger partial charge in [0.25, 0.3) is 0 Å². The zero-order valence-corrected chi connectivity index (χ0v) is 9.95. The lowest BCUT2D eigenvalue weighted by atomic mass is 10.2. The Hall–Kier alpha value is -1.83. The molecule has 0 heterocycles. The highest BCUT2D eigenvalue weighted by molar-refractivity contribution is 7.92. The minimum Gasteiger partial charge on any atom is -0.303 e. The Balaban J connectivity index is 3.00. The number of urea groups is 1. The van der Waals surface area contributed by atoms with Gasteiger partial charge in [-0.3, -0.25) is 0 Å². The molecule has 92 valence electrons. The number of benzene rings is 1. The maximum absolute atomic E-state index is 13.2. The molecule has 0 aliphatic heterocycles. The largest absolute Gasteiger partial charge is 0.353 e. The average Bonchev–Trinajstić information content (AvgIpc) is 2.18. The van der Waals surface area contributed by atoms with E-state index in [1.165, 1.54) is 12.5 Å². The van der Waals surface area contributed by atoms with Gasteiger partial charge in [-0.1, -0.05) is 0 Å². The van der Waals surface area contributed by atoms with E-state index in [1.807, 2.05) is 0 Å². The van der Waals surface area contributed by atoms with Crippen LogP contribution in [0.5, 0.6) is 0 Å². The van der Waals surface area contributed by atoms with E-state index in [1.54, 1.807) is 0 Å². The second kappa shape index (κ2) is 5.00. The summed E-state index contributed by atoms with van der Waals surface area (Å²) in [4.78, 5) is 21.5. The van der Waals surface area contributed by atoms with E-state index in [2.05, 4.69) is 14.9 Å². The number of rotatable bonds is 2. The molecule has 0 atom stereocenters. The Kier molecular flexibility index (Phi) is 3.89. The predicted molar refractivity (Wildman–Crippen MR) is 63.3 cm³/mol. The minimum atomic E-state index is -2.62. The zero-order chi connectivity index (χ0) is 13.1. The van der Waals surface area contributed by atoms with Crippen LogP contribution in [0.1, 0.15) is 0 Å². The van der Waals surface area contributed by atoms with Gasteiger partial charge < -0.3 is 5.32 Å². The van der Waals surface area contributed by atoms with E-state index in [4.69, 9.17) is 0 Å². The summed E-state index contributed by atoms with van der Waals surface area (Å²) in [7, 11) is -2.62. The van der Waals surface area contributed by atoms with Gasteiger partial charge in [-0.05, 0) is 23.4 Å². The van der Waals surface area contributed by atoms with Gasteiger partial charge in [0, 0.05) is 12.5 Å². The highest BCUT2D eigenvalue weighted by atomic mass is 32.2. The third kappa shape index (κ3) is 4.27. The van der Waals surface area contributed by atoms with Crippen LogP contribution in [0.15, 0.2) is 27.7 Å². The van der Waals surface area contributed by atoms with E-state index in [0.717, 1.165) is 18.2 Å². The van der Waals surface area contributed by atoms with Gasteiger partial charge in [0.15, 0.2) is 0 Å². The van der Waals surface area contributed by atoms with Crippen LogP contribution >= 0.6 is 0 Å². The van der Waals surface area contributed by atoms with Crippen molar-refractivity contribution in [3.8, 4) is 0 Å². The molecule has 0 saturated carbocycles. The molecule has 0 radical (unpaired) electrons. The highest BCUT2D eigenvalue weighted by Gasteiger charge is 2.08. The normalized spacial score (nSPS) is 10.8. The van der Waals surface area contributed by atoms with E-state index in [-0.39, 0.29) is 11.4 Å². The fourth-order valence-corrected chi connectivity index (χ4v) is 1.45. The topological polar surface area (TPSA) is 88.0 Å². The lowest BCUT2D eigenvalue weighted by Crippen LogP contribution is -2.10. The van der Waals surface area contributed by atoms with E-state index < -0.39 is 21.6 Å². The maximum atomic E-state index is 13.2. The summed E-state index contributed by atoms with van der Waals surface area (Å²) in [5, 5.41) is 4.68. The first-order valence-electron chi connectivity index (χ1n) is 4.43. The first kappa shape index (κ1) is 13.2. The molecule has 1 N–H and O–H groups in total. The second-order valence-electron chi connectivity index (χ2n) is 3.46. The number of hydrogen-bond donors (Lipinski definition) is 1. The predicted octanol–water partition coefficient (Wildman–Crippen LogP) is 2.48. The highest BCUT2D eigenvalue weighted by Crippen LogP contribution is 2.21. The van der Waals surface area contributed by atoms with Crippen LogP contribution in [0.2, 0.25) is 0 Å². The van der Waals surface area contributed by atoms with Crippen LogP contribution in [0.25, 0.3) is 0 Å². The zero-order valence-electron chi connectivity index (χ0n) is 9.14. The van der Waals surface area contributed by atoms with Crippen LogP contribution < -0.4 is 5.32 Å². The molecule has 0 fully saturated rings. The number of carbonyl (C=O) groups is 1. The van der Waals surface area contributed by atoms with Gasteiger partial charge in [0.05, 0.1) is 15.4 Å². The van der Waals surface area contributed by atoms with Crippen molar-refractivity contribution in [1.29, 1.82) is 0 Å². The first-order valence-corrected chi connectivity index (χ1v) is 6.76. The third-order valence-corrected chi connectivity index (χ3v) is 2.21. The summed E-state index contributed by atoms with van der Waals surface area (Å²) >= 11 is 0. The van der Waals surface area contributed by atoms with Crippen molar-refractivity contribution in [3.05, 3.63) is 28.9 Å². The molecule has 0 unspecified atom stereocenters. The number of halogens is 1. The summed E-state index contributed by atoms with van der Waals surface area (Å²) in [5.41, 5.74) is -0.269. The summed E-state index contributed by atoms with van der Waals surface area (Å²) < 4.78 is 27.7. The van der Waals surface area contributed by atoms with Crippen molar-refractivity contribution >= 4 is 27.1 Å². The van der Waals surface area contributed by atoms with Gasteiger partial charge >= 0.3 is 6.03 Å². The molecule has 6 nitrogen and oxygen atoms in total. The summed E-state index contributed by atoms with van der Waals surface area (Å²) in [6, 6.07) is 2.27. The Labute approximate surface area is 97.4 Å². The molecule has 1 rings (SSSR count). The van der Waals surface area contributed by atoms with Crippen molar-refractivity contribution < 1.29 is 13.4 Å². The van der Waals surface area contributed by atoms with Gasteiger partial charge in [-0.25, -0.2) is 13.4 Å². The minimum absolute atomic E-state index is 0.0320. The van der Waals surface area contributed by atoms with Crippen LogP contribution in [-0.2, 0) is 9.73 Å². The molecule has 1 aromatic rings. The fraction of sp³-hybridized carbons (Fsp3) is 0.222. The number of amides is 2. The number of nitrogens with zero attached hydrogens (tertiary/aromatic N) is 2. The summed E-state index contributed by atoms with van der Waals surface area (Å²) in [5.74, 6) is -0.736. The molecule has 0 aromatic heterocycles. The Bertz CT molecular complexity index is 571. The van der Waals surface area contributed by atoms with Crippen LogP contribution in [-0.4, -0.2) is 22.8 Å². The number of nitrogens with one attached hydrogen (secondary N) is 1. The number of nitroso groups, excluding NO2 is 1. The SMILES string of the molecule is CS(C)(=O)=NC(=O)Nc1cc(N=O)ccc1F. The number of carbonyl (C=O) groups excluding carboxylic acids is 1. The fourth-order valence-electron chi connectivity index (χ4n) is 1.00. The lowest BCUT2D eigenvalue weighted by molar-refractivity contribution is 0.260. The Morgan fingerprint density at radius 3 is 2.59 bits per heavy atom. The molecule has 0 spiro atoms. The quantitative estimate of drug-likeness (QED) is 0.827. The van der Waals surface area contributed by atoms with Gasteiger partial charge in [-0.15, -0.1) is 9.27 Å². The van der Waals surface area contributed by atoms with Crippen molar-refractivity contribution in [2.75, 3.05) is 17.8 Å². The van der Waals surface area contributed by atoms with Crippen LogP contribution in [0.3, 0.4) is 0 Å². The molecule has 2 amide bonds. The van der Waals surface area contributed by atoms with Gasteiger partial charge in [0.2, 0.25) is 0 Å². The Morgan fingerprint density at radius 2 is 2.06 bits per heavy atom. The summed E-state index contributed by atoms with van der Waals surface area (Å²) in [6.07, 6.45) is 2.54. The number of anilines is 1. The second-order valence-corrected chi connectivity index (χ2v) is 6.00. The number of hydrogen-bond acceptors (Lipinski definition) is 4. The van der Waals surface area contributed by atoms with Crippen LogP contribution in [0, 0.1) is 10.7 Å². The molecule has 0 bridgehead atoms. The van der Waals surface area contributed by atoms with Gasteiger partial charge in [0.1, 0.15) is 11.5 Å². The first-order chi connectivity index (χ1) is 7.81. The molecule has 8 heteroatoms. The standard InChI is InChI=1S/C9H10FN3O3S/c1-17(2,16)13-9(14)11-8-5-6(12-15)3-4-7(8)10/h3-5H,1-2H3,(H,11,14). The molecular formula is C9H10FN3O3S. The molecule has 0 aliphatic carbocycles. The molecule has 0 aliphatic rings. The van der Waals surface area contributed by atoms with Crippen LogP contribution in [0.4, 0.5) is 20.6 Å². The van der Waals surface area contributed by atoms with Gasteiger partial charge in [-0.2, -0.15) is 0 Å². The lowest BCUT2D eigenvalue weighted by Gasteiger charge is -2.03. The molecule has 17 heavy (non-hydrogen) atoms. The van der Waals surface area contributed by atoms with E-state index in [9.17, 15) is 18.3 Å². The van der Waals surface area contributed by atoms with Crippen molar-refractivity contribution in [1.82, 2.24) is 0 Å². The average molecular weight is 259 g/mol. The maximum Gasteiger partial charge on any atom is 0.353 e. The molecule has 0 saturated heterocycles.